The summed E-state index contributed by atoms with van der Waals surface area (Å²) in [5.41, 5.74) is 4.80. The highest BCUT2D eigenvalue weighted by Crippen LogP contribution is 2.44. The molecular weight excluding hydrogens is 444 g/mol. The van der Waals surface area contributed by atoms with Gasteiger partial charge in [0, 0.05) is 31.3 Å². The minimum absolute atomic E-state index is 0.000165. The fraction of sp³-hybridized carbons (Fsp3) is 0.464. The van der Waals surface area contributed by atoms with E-state index in [4.69, 9.17) is 9.84 Å². The third kappa shape index (κ3) is 6.41. The van der Waals surface area contributed by atoms with Gasteiger partial charge >= 0.3 is 12.1 Å². The number of hydrogen-bond donors (Lipinski definition) is 3. The largest absolute Gasteiger partial charge is 0.481 e. The Morgan fingerprint density at radius 2 is 1.49 bits per heavy atom. The molecule has 2 aromatic rings. The number of nitrogens with one attached hydrogen (secondary N) is 2. The van der Waals surface area contributed by atoms with Gasteiger partial charge in [0.15, 0.2) is 0 Å². The Balaban J connectivity index is 1.15. The monoisotopic (exact) mass is 478 g/mol. The maximum Gasteiger partial charge on any atom is 0.407 e. The fourth-order valence-electron chi connectivity index (χ4n) is 5.26. The van der Waals surface area contributed by atoms with Gasteiger partial charge in [0.05, 0.1) is 0 Å². The predicted octanol–water partition coefficient (Wildman–Crippen LogP) is 4.70. The molecule has 0 unspecified atom stereocenters. The Kier molecular flexibility index (Phi) is 8.40. The van der Waals surface area contributed by atoms with Gasteiger partial charge in [0.25, 0.3) is 0 Å². The molecule has 7 heteroatoms. The topological polar surface area (TPSA) is 105 Å². The van der Waals surface area contributed by atoms with E-state index in [1.54, 1.807) is 0 Å². The van der Waals surface area contributed by atoms with Crippen LogP contribution in [0.1, 0.15) is 62.0 Å². The van der Waals surface area contributed by atoms with Crippen molar-refractivity contribution in [2.75, 3.05) is 19.7 Å². The van der Waals surface area contributed by atoms with E-state index in [9.17, 15) is 14.4 Å². The molecule has 0 aromatic heterocycles. The number of alkyl carbamates (subject to hydrolysis) is 1. The summed E-state index contributed by atoms with van der Waals surface area (Å²) in [5, 5.41) is 14.5. The van der Waals surface area contributed by atoms with Crippen LogP contribution in [0.25, 0.3) is 11.1 Å². The Hall–Kier alpha value is -3.35. The molecule has 2 amide bonds. The first-order valence-corrected chi connectivity index (χ1v) is 12.6. The molecule has 0 heterocycles. The van der Waals surface area contributed by atoms with Crippen LogP contribution < -0.4 is 10.6 Å². The van der Waals surface area contributed by atoms with Gasteiger partial charge in [-0.15, -0.1) is 0 Å². The van der Waals surface area contributed by atoms with E-state index in [1.165, 1.54) is 22.3 Å². The second-order valence-electron chi connectivity index (χ2n) is 9.57. The summed E-state index contributed by atoms with van der Waals surface area (Å²) in [4.78, 5) is 35.3. The molecule has 0 atom stereocenters. The molecular formula is C28H34N2O5. The lowest BCUT2D eigenvalue weighted by atomic mass is 9.81. The van der Waals surface area contributed by atoms with Gasteiger partial charge < -0.3 is 20.5 Å². The zero-order valence-electron chi connectivity index (χ0n) is 20.0. The lowest BCUT2D eigenvalue weighted by Gasteiger charge is -2.27. The molecule has 0 radical (unpaired) electrons. The third-order valence-electron chi connectivity index (χ3n) is 7.21. The maximum atomic E-state index is 12.4. The van der Waals surface area contributed by atoms with E-state index in [0.29, 0.717) is 38.5 Å². The van der Waals surface area contributed by atoms with Crippen molar-refractivity contribution in [3.05, 3.63) is 59.7 Å². The molecule has 2 aliphatic carbocycles. The van der Waals surface area contributed by atoms with Crippen LogP contribution in [0.4, 0.5) is 4.79 Å². The number of unbranched alkanes of at least 4 members (excludes halogenated alkanes) is 1. The first-order valence-electron chi connectivity index (χ1n) is 12.6. The van der Waals surface area contributed by atoms with Crippen LogP contribution in [0.2, 0.25) is 0 Å². The molecule has 4 rings (SSSR count). The van der Waals surface area contributed by atoms with E-state index in [1.807, 2.05) is 24.3 Å². The quantitative estimate of drug-likeness (QED) is 0.429. The Labute approximate surface area is 206 Å². The summed E-state index contributed by atoms with van der Waals surface area (Å²) in [6, 6.07) is 16.5. The van der Waals surface area contributed by atoms with Crippen molar-refractivity contribution in [1.29, 1.82) is 0 Å². The van der Waals surface area contributed by atoms with Crippen molar-refractivity contribution in [2.24, 2.45) is 11.8 Å². The van der Waals surface area contributed by atoms with Crippen molar-refractivity contribution < 1.29 is 24.2 Å². The maximum absolute atomic E-state index is 12.4. The molecule has 0 saturated heterocycles. The summed E-state index contributed by atoms with van der Waals surface area (Å²) in [5.74, 6) is -0.355. The molecule has 0 aliphatic heterocycles. The van der Waals surface area contributed by atoms with Gasteiger partial charge in [-0.3, -0.25) is 9.59 Å². The first kappa shape index (κ1) is 24.8. The van der Waals surface area contributed by atoms with Crippen LogP contribution in [-0.4, -0.2) is 42.8 Å². The second-order valence-corrected chi connectivity index (χ2v) is 9.57. The van der Waals surface area contributed by atoms with Gasteiger partial charge in [-0.1, -0.05) is 48.5 Å². The van der Waals surface area contributed by atoms with Crippen molar-refractivity contribution in [3.8, 4) is 11.1 Å². The van der Waals surface area contributed by atoms with Gasteiger partial charge in [-0.05, 0) is 66.7 Å². The zero-order chi connectivity index (χ0) is 24.6. The van der Waals surface area contributed by atoms with E-state index in [2.05, 4.69) is 34.9 Å². The standard InChI is InChI=1S/C28H34N2O5/c31-26(32)11-5-6-16-29-27(33)20-14-12-19(13-15-20)17-30-28(34)35-18-25-23-9-3-1-7-21(23)22-8-2-4-10-24(22)25/h1-4,7-10,19-20,25H,5-6,11-18H2,(H,29,33)(H,30,34)(H,31,32). The lowest BCUT2D eigenvalue weighted by molar-refractivity contribution is -0.137. The van der Waals surface area contributed by atoms with Gasteiger partial charge in [0.2, 0.25) is 5.91 Å². The molecule has 2 aliphatic rings. The average molecular weight is 479 g/mol. The van der Waals surface area contributed by atoms with E-state index < -0.39 is 12.1 Å². The summed E-state index contributed by atoms with van der Waals surface area (Å²) in [6.07, 6.45) is 4.38. The molecule has 186 valence electrons. The van der Waals surface area contributed by atoms with E-state index in [-0.39, 0.29) is 24.2 Å². The number of benzene rings is 2. The molecule has 2 aromatic carbocycles. The average Bonchev–Trinajstić information content (AvgIpc) is 3.19. The van der Waals surface area contributed by atoms with E-state index >= 15 is 0 Å². The first-order chi connectivity index (χ1) is 17.0. The molecule has 1 saturated carbocycles. The number of hydrogen-bond acceptors (Lipinski definition) is 4. The predicted molar refractivity (Wildman–Crippen MR) is 133 cm³/mol. The van der Waals surface area contributed by atoms with Crippen LogP contribution in [0.5, 0.6) is 0 Å². The Morgan fingerprint density at radius 1 is 0.857 bits per heavy atom. The van der Waals surface area contributed by atoms with Gasteiger partial charge in [0.1, 0.15) is 6.61 Å². The minimum atomic E-state index is -0.804. The number of fused-ring (bicyclic) bond motifs is 3. The summed E-state index contributed by atoms with van der Waals surface area (Å²) in [6.45, 7) is 1.38. The smallest absolute Gasteiger partial charge is 0.407 e. The van der Waals surface area contributed by atoms with Crippen molar-refractivity contribution >= 4 is 18.0 Å². The normalized spacial score (nSPS) is 18.9. The Morgan fingerprint density at radius 3 is 2.11 bits per heavy atom. The van der Waals surface area contributed by atoms with Gasteiger partial charge in [-0.2, -0.15) is 0 Å². The highest BCUT2D eigenvalue weighted by molar-refractivity contribution is 5.79. The fourth-order valence-corrected chi connectivity index (χ4v) is 5.26. The number of rotatable bonds is 10. The highest BCUT2D eigenvalue weighted by Gasteiger charge is 2.29. The number of carbonyl (C=O) groups is 3. The minimum Gasteiger partial charge on any atom is -0.481 e. The van der Waals surface area contributed by atoms with Crippen LogP contribution in [0.3, 0.4) is 0 Å². The number of carbonyl (C=O) groups excluding carboxylic acids is 2. The number of ether oxygens (including phenoxy) is 1. The second kappa shape index (κ2) is 11.9. The van der Waals surface area contributed by atoms with E-state index in [0.717, 1.165) is 25.7 Å². The number of amides is 2. The van der Waals surface area contributed by atoms with Crippen molar-refractivity contribution in [1.82, 2.24) is 10.6 Å². The van der Waals surface area contributed by atoms with Gasteiger partial charge in [-0.25, -0.2) is 4.79 Å². The third-order valence-corrected chi connectivity index (χ3v) is 7.21. The Bertz CT molecular complexity index is 1000. The van der Waals surface area contributed by atoms with Crippen LogP contribution in [-0.2, 0) is 14.3 Å². The number of carboxylic acid groups (broad SMARTS) is 1. The van der Waals surface area contributed by atoms with Crippen LogP contribution in [0.15, 0.2) is 48.5 Å². The zero-order valence-corrected chi connectivity index (χ0v) is 20.0. The van der Waals surface area contributed by atoms with Crippen molar-refractivity contribution in [3.63, 3.8) is 0 Å². The molecule has 35 heavy (non-hydrogen) atoms. The molecule has 0 spiro atoms. The summed E-state index contributed by atoms with van der Waals surface area (Å²) >= 11 is 0. The highest BCUT2D eigenvalue weighted by atomic mass is 16.5. The number of aliphatic carboxylic acids is 1. The molecule has 3 N–H and O–H groups in total. The summed E-state index contributed by atoms with van der Waals surface area (Å²) < 4.78 is 5.62. The molecule has 0 bridgehead atoms. The summed E-state index contributed by atoms with van der Waals surface area (Å²) in [7, 11) is 0. The molecule has 7 nitrogen and oxygen atoms in total. The van der Waals surface area contributed by atoms with Crippen molar-refractivity contribution in [2.45, 2.75) is 50.9 Å². The lowest BCUT2D eigenvalue weighted by Crippen LogP contribution is -2.36. The SMILES string of the molecule is O=C(O)CCCCNC(=O)C1CCC(CNC(=O)OCC2c3ccccc3-c3ccccc32)CC1. The van der Waals surface area contributed by atoms with Crippen LogP contribution >= 0.6 is 0 Å². The van der Waals surface area contributed by atoms with Crippen LogP contribution in [0, 0.1) is 11.8 Å². The molecule has 1 fully saturated rings. The number of carboxylic acids is 1.